The van der Waals surface area contributed by atoms with Crippen LogP contribution >= 0.6 is 0 Å². The third kappa shape index (κ3) is 5.92. The number of likely N-dealkylation sites (tertiary alicyclic amines) is 1. The van der Waals surface area contributed by atoms with Crippen molar-refractivity contribution in [1.82, 2.24) is 19.2 Å². The monoisotopic (exact) mass is 599 g/mol. The number of hydrogen-bond donors (Lipinski definition) is 4. The standard InChI is InChI=1S/C29H31F2N5O5S/c1-3-35(2)42(40,41)34-24-9-8-23(30)25(26(24)31)27(37)22-14-33-28-21(22)12-20(13-32-28)18-6-4-17(5-7-18)15-36-11-10-19(16-36)29(38)39/h4-9,12-14,19,29,34,38-39H,3,10-11,15-16H2,1-2H3,(H,32,33). The van der Waals surface area contributed by atoms with Crippen molar-refractivity contribution < 1.29 is 32.2 Å². The minimum Gasteiger partial charge on any atom is -0.368 e. The van der Waals surface area contributed by atoms with Crippen LogP contribution in [0.1, 0.15) is 34.8 Å². The fourth-order valence-corrected chi connectivity index (χ4v) is 5.95. The number of nitrogens with one attached hydrogen (secondary N) is 2. The summed E-state index contributed by atoms with van der Waals surface area (Å²) in [4.78, 5) is 22.8. The van der Waals surface area contributed by atoms with Crippen molar-refractivity contribution in [1.29, 1.82) is 0 Å². The van der Waals surface area contributed by atoms with Crippen LogP contribution < -0.4 is 4.72 Å². The molecule has 1 fully saturated rings. The topological polar surface area (TPSA) is 139 Å². The first-order chi connectivity index (χ1) is 20.0. The Morgan fingerprint density at radius 2 is 1.93 bits per heavy atom. The maximum atomic E-state index is 15.4. The molecule has 0 spiro atoms. The second kappa shape index (κ2) is 11.9. The fourth-order valence-electron chi connectivity index (χ4n) is 5.02. The minimum atomic E-state index is -4.11. The summed E-state index contributed by atoms with van der Waals surface area (Å²) in [6.45, 7) is 3.76. The zero-order valence-corrected chi connectivity index (χ0v) is 23.8. The highest BCUT2D eigenvalue weighted by molar-refractivity contribution is 7.90. The van der Waals surface area contributed by atoms with Crippen LogP contribution in [0.2, 0.25) is 0 Å². The summed E-state index contributed by atoms with van der Waals surface area (Å²) in [6.07, 6.45) is 2.35. The number of rotatable bonds is 10. The van der Waals surface area contributed by atoms with Gasteiger partial charge in [0.2, 0.25) is 5.78 Å². The van der Waals surface area contributed by atoms with Crippen molar-refractivity contribution in [3.05, 3.63) is 83.2 Å². The van der Waals surface area contributed by atoms with Gasteiger partial charge in [0.05, 0.1) is 11.3 Å². The average Bonchev–Trinajstić information content (AvgIpc) is 3.61. The molecule has 3 heterocycles. The second-order valence-corrected chi connectivity index (χ2v) is 12.1. The fraction of sp³-hybridized carbons (Fsp3) is 0.310. The van der Waals surface area contributed by atoms with Gasteiger partial charge in [0, 0.05) is 61.5 Å². The molecule has 10 nitrogen and oxygen atoms in total. The molecule has 13 heteroatoms. The maximum absolute atomic E-state index is 15.4. The number of ketones is 1. The summed E-state index contributed by atoms with van der Waals surface area (Å²) < 4.78 is 58.0. The van der Waals surface area contributed by atoms with Gasteiger partial charge in [-0.1, -0.05) is 31.2 Å². The van der Waals surface area contributed by atoms with Gasteiger partial charge in [0.1, 0.15) is 11.5 Å². The van der Waals surface area contributed by atoms with Crippen LogP contribution in [0.25, 0.3) is 22.2 Å². The van der Waals surface area contributed by atoms with Crippen molar-refractivity contribution >= 4 is 32.7 Å². The Hall–Kier alpha value is -3.75. The molecular formula is C29H31F2N5O5S. The molecular weight excluding hydrogens is 568 g/mol. The SMILES string of the molecule is CCN(C)S(=O)(=O)Nc1ccc(F)c(C(=O)c2c[nH]c3ncc(-c4ccc(CN5CCC(C(O)O)C5)cc4)cc23)c1F. The van der Waals surface area contributed by atoms with E-state index in [0.29, 0.717) is 29.7 Å². The van der Waals surface area contributed by atoms with Gasteiger partial charge in [-0.05, 0) is 42.3 Å². The predicted octanol–water partition coefficient (Wildman–Crippen LogP) is 3.48. The summed E-state index contributed by atoms with van der Waals surface area (Å²) in [7, 11) is -2.81. The molecule has 4 N–H and O–H groups in total. The van der Waals surface area contributed by atoms with Crippen LogP contribution in [0.15, 0.2) is 54.9 Å². The molecule has 1 unspecified atom stereocenters. The number of anilines is 1. The van der Waals surface area contributed by atoms with E-state index in [1.54, 1.807) is 19.2 Å². The summed E-state index contributed by atoms with van der Waals surface area (Å²) in [5.41, 5.74) is 1.43. The molecule has 1 aliphatic rings. The van der Waals surface area contributed by atoms with Crippen molar-refractivity contribution in [3.63, 3.8) is 0 Å². The number of halogens is 2. The molecule has 2 aromatic carbocycles. The number of aliphatic hydroxyl groups excluding tert-OH is 1. The van der Waals surface area contributed by atoms with E-state index in [1.807, 2.05) is 24.3 Å². The maximum Gasteiger partial charge on any atom is 0.301 e. The summed E-state index contributed by atoms with van der Waals surface area (Å²) in [5, 5.41) is 19.2. The lowest BCUT2D eigenvalue weighted by molar-refractivity contribution is -0.0801. The lowest BCUT2D eigenvalue weighted by atomic mass is 9.99. The van der Waals surface area contributed by atoms with E-state index in [-0.39, 0.29) is 18.0 Å². The highest BCUT2D eigenvalue weighted by atomic mass is 32.2. The molecule has 0 saturated carbocycles. The molecule has 0 aliphatic carbocycles. The Labute approximate surface area is 241 Å². The van der Waals surface area contributed by atoms with Crippen LogP contribution in [0, 0.1) is 17.6 Å². The molecule has 5 rings (SSSR count). The molecule has 2 aromatic heterocycles. The number of aromatic nitrogens is 2. The van der Waals surface area contributed by atoms with Crippen molar-refractivity contribution in [3.8, 4) is 11.1 Å². The minimum absolute atomic E-state index is 0.0193. The molecule has 1 aliphatic heterocycles. The van der Waals surface area contributed by atoms with Gasteiger partial charge >= 0.3 is 10.2 Å². The zero-order valence-electron chi connectivity index (χ0n) is 23.0. The van der Waals surface area contributed by atoms with Gasteiger partial charge < -0.3 is 15.2 Å². The number of pyridine rings is 1. The summed E-state index contributed by atoms with van der Waals surface area (Å²) in [5.74, 6) is -3.57. The van der Waals surface area contributed by atoms with Crippen molar-refractivity contribution in [2.24, 2.45) is 5.92 Å². The Morgan fingerprint density at radius 1 is 1.19 bits per heavy atom. The quantitative estimate of drug-likeness (QED) is 0.162. The van der Waals surface area contributed by atoms with E-state index < -0.39 is 45.2 Å². The number of aliphatic hydroxyl groups is 2. The number of hydrogen-bond acceptors (Lipinski definition) is 7. The highest BCUT2D eigenvalue weighted by Crippen LogP contribution is 2.30. The van der Waals surface area contributed by atoms with E-state index in [1.165, 1.54) is 13.2 Å². The largest absolute Gasteiger partial charge is 0.368 e. The third-order valence-corrected chi connectivity index (χ3v) is 9.17. The number of carbonyl (C=O) groups is 1. The second-order valence-electron chi connectivity index (χ2n) is 10.4. The van der Waals surface area contributed by atoms with E-state index in [9.17, 15) is 27.8 Å². The number of aromatic amines is 1. The van der Waals surface area contributed by atoms with E-state index >= 15 is 4.39 Å². The lowest BCUT2D eigenvalue weighted by Crippen LogP contribution is -2.32. The third-order valence-electron chi connectivity index (χ3n) is 7.61. The van der Waals surface area contributed by atoms with Crippen molar-refractivity contribution in [2.75, 3.05) is 31.4 Å². The van der Waals surface area contributed by atoms with Gasteiger partial charge in [0.25, 0.3) is 0 Å². The molecule has 222 valence electrons. The van der Waals surface area contributed by atoms with Crippen LogP contribution in [0.5, 0.6) is 0 Å². The van der Waals surface area contributed by atoms with Gasteiger partial charge in [-0.25, -0.2) is 13.8 Å². The number of benzene rings is 2. The van der Waals surface area contributed by atoms with Crippen LogP contribution in [-0.2, 0) is 16.8 Å². The van der Waals surface area contributed by atoms with Gasteiger partial charge in [-0.3, -0.25) is 14.4 Å². The molecule has 0 bridgehead atoms. The smallest absolute Gasteiger partial charge is 0.301 e. The average molecular weight is 600 g/mol. The molecule has 4 aromatic rings. The molecule has 1 atom stereocenters. The molecule has 0 amide bonds. The first kappa shape index (κ1) is 29.7. The Kier molecular flexibility index (Phi) is 8.39. The first-order valence-electron chi connectivity index (χ1n) is 13.4. The molecule has 42 heavy (non-hydrogen) atoms. The Bertz CT molecular complexity index is 1730. The number of H-pyrrole nitrogens is 1. The van der Waals surface area contributed by atoms with Crippen LogP contribution in [0.3, 0.4) is 0 Å². The molecule has 1 saturated heterocycles. The predicted molar refractivity (Wildman–Crippen MR) is 154 cm³/mol. The highest BCUT2D eigenvalue weighted by Gasteiger charge is 2.28. The Morgan fingerprint density at radius 3 is 2.60 bits per heavy atom. The van der Waals surface area contributed by atoms with Gasteiger partial charge in [-0.2, -0.15) is 12.7 Å². The summed E-state index contributed by atoms with van der Waals surface area (Å²) in [6, 6.07) is 11.2. The molecule has 0 radical (unpaired) electrons. The van der Waals surface area contributed by atoms with E-state index in [4.69, 9.17) is 0 Å². The number of nitrogens with zero attached hydrogens (tertiary/aromatic N) is 3. The van der Waals surface area contributed by atoms with Crippen LogP contribution in [0.4, 0.5) is 14.5 Å². The van der Waals surface area contributed by atoms with Gasteiger partial charge in [-0.15, -0.1) is 0 Å². The number of carbonyl (C=O) groups excluding carboxylic acids is 1. The normalized spacial score (nSPS) is 16.1. The van der Waals surface area contributed by atoms with Crippen molar-refractivity contribution in [2.45, 2.75) is 26.2 Å². The van der Waals surface area contributed by atoms with Crippen LogP contribution in [-0.4, -0.2) is 76.6 Å². The Balaban J connectivity index is 1.41. The van der Waals surface area contributed by atoms with Gasteiger partial charge in [0.15, 0.2) is 12.1 Å². The number of fused-ring (bicyclic) bond motifs is 1. The zero-order chi connectivity index (χ0) is 30.2. The lowest BCUT2D eigenvalue weighted by Gasteiger charge is -2.17. The van der Waals surface area contributed by atoms with E-state index in [0.717, 1.165) is 40.5 Å². The van der Waals surface area contributed by atoms with E-state index in [2.05, 4.69) is 19.6 Å². The summed E-state index contributed by atoms with van der Waals surface area (Å²) >= 11 is 0. The first-order valence-corrected chi connectivity index (χ1v) is 14.8.